The molecule has 34 heavy (non-hydrogen) atoms. The number of H-pyrrole nitrogens is 2. The summed E-state index contributed by atoms with van der Waals surface area (Å²) in [6.07, 6.45) is 3.88. The van der Waals surface area contributed by atoms with Crippen molar-refractivity contribution in [1.29, 1.82) is 5.41 Å². The monoisotopic (exact) mass is 446 g/mol. The van der Waals surface area contributed by atoms with E-state index in [0.717, 1.165) is 39.1 Å². The van der Waals surface area contributed by atoms with Crippen molar-refractivity contribution in [2.24, 2.45) is 0 Å². The highest BCUT2D eigenvalue weighted by Gasteiger charge is 2.17. The molecule has 4 aromatic heterocycles. The van der Waals surface area contributed by atoms with Gasteiger partial charge in [-0.1, -0.05) is 30.3 Å². The van der Waals surface area contributed by atoms with Crippen LogP contribution in [0, 0.1) is 5.41 Å². The number of anilines is 2. The van der Waals surface area contributed by atoms with E-state index < -0.39 is 0 Å². The molecule has 0 amide bonds. The summed E-state index contributed by atoms with van der Waals surface area (Å²) in [4.78, 5) is 11.3. The summed E-state index contributed by atoms with van der Waals surface area (Å²) in [5.41, 5.74) is 21.0. The number of nitrogen functional groups attached to an aromatic ring is 3. The van der Waals surface area contributed by atoms with Gasteiger partial charge in [-0.15, -0.1) is 0 Å². The molecule has 1 aliphatic rings. The van der Waals surface area contributed by atoms with E-state index in [1.165, 1.54) is 4.68 Å². The van der Waals surface area contributed by atoms with Crippen LogP contribution in [0.3, 0.4) is 0 Å². The number of hydrogen-bond donors (Lipinski definition) is 6. The lowest BCUT2D eigenvalue weighted by molar-refractivity contribution is 1.09. The van der Waals surface area contributed by atoms with Gasteiger partial charge in [-0.25, -0.2) is 4.98 Å². The molecule has 0 fully saturated rings. The van der Waals surface area contributed by atoms with Crippen molar-refractivity contribution < 1.29 is 0 Å². The predicted octanol–water partition coefficient (Wildman–Crippen LogP) is 4.19. The van der Waals surface area contributed by atoms with Crippen molar-refractivity contribution in [2.45, 2.75) is 0 Å². The Kier molecular flexibility index (Phi) is 4.21. The maximum Gasteiger partial charge on any atom is 0.113 e. The number of fused-ring (bicyclic) bond motifs is 8. The highest BCUT2D eigenvalue weighted by molar-refractivity contribution is 6.01. The van der Waals surface area contributed by atoms with Gasteiger partial charge in [0.15, 0.2) is 0 Å². The molecule has 9 N–H and O–H groups in total. The van der Waals surface area contributed by atoms with Crippen LogP contribution in [0.1, 0.15) is 11.4 Å². The van der Waals surface area contributed by atoms with Crippen molar-refractivity contribution in [3.63, 3.8) is 0 Å². The van der Waals surface area contributed by atoms with Gasteiger partial charge in [0.05, 0.1) is 33.8 Å². The van der Waals surface area contributed by atoms with Crippen molar-refractivity contribution in [3.05, 3.63) is 83.5 Å². The molecule has 0 saturated carbocycles. The van der Waals surface area contributed by atoms with Crippen LogP contribution < -0.4 is 22.7 Å². The van der Waals surface area contributed by atoms with E-state index in [0.29, 0.717) is 27.9 Å². The quantitative estimate of drug-likeness (QED) is 0.210. The SMILES string of the molecule is N=c1c2[nH]c(cc2N)cc2ccc(cc3nc(cc4c(-c5ccccc5)c(N)c1n4N)C=C3)[nH]2. The lowest BCUT2D eigenvalue weighted by atomic mass is 10.1. The second-order valence-corrected chi connectivity index (χ2v) is 8.29. The Morgan fingerprint density at radius 3 is 2.26 bits per heavy atom. The fourth-order valence-electron chi connectivity index (χ4n) is 4.45. The van der Waals surface area contributed by atoms with Crippen LogP contribution in [0.25, 0.3) is 56.4 Å². The first kappa shape index (κ1) is 19.7. The van der Waals surface area contributed by atoms with Crippen LogP contribution in [-0.4, -0.2) is 19.6 Å². The molecule has 0 radical (unpaired) electrons. The first-order valence-electron chi connectivity index (χ1n) is 10.8. The number of nitrogens with one attached hydrogen (secondary N) is 3. The molecule has 8 nitrogen and oxygen atoms in total. The van der Waals surface area contributed by atoms with Crippen LogP contribution in [0.2, 0.25) is 0 Å². The zero-order valence-corrected chi connectivity index (χ0v) is 18.1. The molecule has 8 bridgehead atoms. The molecule has 1 aliphatic heterocycles. The zero-order valence-electron chi connectivity index (χ0n) is 18.1. The second-order valence-electron chi connectivity index (χ2n) is 8.29. The van der Waals surface area contributed by atoms with Gasteiger partial charge >= 0.3 is 0 Å². The molecular formula is C26H22N8. The van der Waals surface area contributed by atoms with E-state index in [1.54, 1.807) is 6.07 Å². The van der Waals surface area contributed by atoms with E-state index in [1.807, 2.05) is 72.8 Å². The Balaban J connectivity index is 1.85. The van der Waals surface area contributed by atoms with Crippen LogP contribution >= 0.6 is 0 Å². The number of hydrogen-bond acceptors (Lipinski definition) is 5. The summed E-state index contributed by atoms with van der Waals surface area (Å²) >= 11 is 0. The first-order chi connectivity index (χ1) is 16.5. The fraction of sp³-hybridized carbons (Fsp3) is 0. The molecule has 1 aromatic carbocycles. The molecule has 6 rings (SSSR count). The van der Waals surface area contributed by atoms with Crippen molar-refractivity contribution in [3.8, 4) is 11.1 Å². The molecule has 166 valence electrons. The number of nitrogens with zero attached hydrogens (tertiary/aromatic N) is 2. The van der Waals surface area contributed by atoms with Crippen molar-refractivity contribution >= 4 is 56.6 Å². The Morgan fingerprint density at radius 1 is 0.794 bits per heavy atom. The van der Waals surface area contributed by atoms with Gasteiger partial charge in [0.2, 0.25) is 0 Å². The molecular weight excluding hydrogens is 424 g/mol. The topological polar surface area (TPSA) is 151 Å². The smallest absolute Gasteiger partial charge is 0.113 e. The summed E-state index contributed by atoms with van der Waals surface area (Å²) in [6, 6.07) is 21.3. The normalized spacial score (nSPS) is 11.9. The molecule has 0 atom stereocenters. The van der Waals surface area contributed by atoms with E-state index in [-0.39, 0.29) is 5.36 Å². The molecule has 5 aromatic rings. The minimum Gasteiger partial charge on any atom is -0.397 e. The maximum absolute atomic E-state index is 8.97. The van der Waals surface area contributed by atoms with Gasteiger partial charge in [-0.05, 0) is 54.1 Å². The third-order valence-corrected chi connectivity index (χ3v) is 6.01. The molecule has 5 heterocycles. The maximum atomic E-state index is 8.97. The predicted molar refractivity (Wildman–Crippen MR) is 139 cm³/mol. The van der Waals surface area contributed by atoms with E-state index >= 15 is 0 Å². The van der Waals surface area contributed by atoms with Gasteiger partial charge in [0.25, 0.3) is 0 Å². The highest BCUT2D eigenvalue weighted by Crippen LogP contribution is 2.34. The van der Waals surface area contributed by atoms with Crippen LogP contribution in [-0.2, 0) is 0 Å². The minimum atomic E-state index is 0.109. The summed E-state index contributed by atoms with van der Waals surface area (Å²) in [7, 11) is 0. The molecule has 0 aliphatic carbocycles. The Morgan fingerprint density at radius 2 is 1.50 bits per heavy atom. The van der Waals surface area contributed by atoms with Crippen molar-refractivity contribution in [1.82, 2.24) is 19.6 Å². The van der Waals surface area contributed by atoms with Crippen LogP contribution in [0.4, 0.5) is 11.4 Å². The largest absolute Gasteiger partial charge is 0.397 e. The number of rotatable bonds is 1. The van der Waals surface area contributed by atoms with Gasteiger partial charge in [-0.2, -0.15) is 0 Å². The molecule has 0 unspecified atom stereocenters. The fourth-order valence-corrected chi connectivity index (χ4v) is 4.45. The lowest BCUT2D eigenvalue weighted by Gasteiger charge is -2.01. The average molecular weight is 447 g/mol. The summed E-state index contributed by atoms with van der Waals surface area (Å²) in [5, 5.41) is 9.08. The Labute approximate surface area is 193 Å². The van der Waals surface area contributed by atoms with Gasteiger partial charge in [-0.3, -0.25) is 10.1 Å². The third-order valence-electron chi connectivity index (χ3n) is 6.01. The number of aromatic amines is 2. The average Bonchev–Trinajstić information content (AvgIpc) is 3.58. The van der Waals surface area contributed by atoms with E-state index in [2.05, 4.69) is 9.97 Å². The lowest BCUT2D eigenvalue weighted by Crippen LogP contribution is -2.15. The third kappa shape index (κ3) is 3.08. The minimum absolute atomic E-state index is 0.109. The van der Waals surface area contributed by atoms with Crippen LogP contribution in [0.15, 0.2) is 66.7 Å². The van der Waals surface area contributed by atoms with Gasteiger partial charge in [0, 0.05) is 22.1 Å². The van der Waals surface area contributed by atoms with Gasteiger partial charge in [0.1, 0.15) is 10.9 Å². The zero-order chi connectivity index (χ0) is 23.4. The summed E-state index contributed by atoms with van der Waals surface area (Å²) in [6.45, 7) is 0. The van der Waals surface area contributed by atoms with Crippen LogP contribution in [0.5, 0.6) is 0 Å². The van der Waals surface area contributed by atoms with Crippen molar-refractivity contribution in [2.75, 3.05) is 17.3 Å². The highest BCUT2D eigenvalue weighted by atomic mass is 15.3. The number of aromatic nitrogens is 4. The summed E-state index contributed by atoms with van der Waals surface area (Å²) < 4.78 is 1.45. The van der Waals surface area contributed by atoms with Gasteiger partial charge < -0.3 is 27.3 Å². The number of nitrogens with two attached hydrogens (primary N) is 3. The standard InChI is InChI=1S/C26H22N8/c27-20-12-19-11-17-7-6-15(31-17)10-16-8-9-18(32-16)13-21-22(14-4-2-1-3-5-14)23(28)26(34(21)30)24(29)25(20)33-19/h1-13,29,31,33H,27-28,30H2. The summed E-state index contributed by atoms with van der Waals surface area (Å²) in [5.74, 6) is 6.59. The molecule has 0 saturated heterocycles. The Bertz CT molecular complexity index is 1800. The molecule has 0 spiro atoms. The van der Waals surface area contributed by atoms with E-state index in [4.69, 9.17) is 27.7 Å². The Hall–Kier alpha value is -4.98. The number of benzene rings is 1. The first-order valence-corrected chi connectivity index (χ1v) is 10.8. The molecule has 8 heteroatoms. The second kappa shape index (κ2) is 7.28. The van der Waals surface area contributed by atoms with E-state index in [9.17, 15) is 0 Å².